The lowest BCUT2D eigenvalue weighted by molar-refractivity contribution is -0.143. The second kappa shape index (κ2) is 9.20. The van der Waals surface area contributed by atoms with Crippen LogP contribution < -0.4 is 10.1 Å². The number of aliphatic hydroxyl groups excluding tert-OH is 1. The van der Waals surface area contributed by atoms with Gasteiger partial charge in [0.25, 0.3) is 5.89 Å². The highest BCUT2D eigenvalue weighted by Crippen LogP contribution is 2.46. The van der Waals surface area contributed by atoms with E-state index in [-0.39, 0.29) is 24.5 Å². The van der Waals surface area contributed by atoms with Crippen molar-refractivity contribution in [2.75, 3.05) is 13.2 Å². The van der Waals surface area contributed by atoms with Gasteiger partial charge in [0.1, 0.15) is 29.7 Å². The zero-order valence-corrected chi connectivity index (χ0v) is 20.1. The molecule has 2 atom stereocenters. The summed E-state index contributed by atoms with van der Waals surface area (Å²) in [5.74, 6) is -1.75. The molecule has 1 fully saturated rings. The molecule has 13 heteroatoms. The lowest BCUT2D eigenvalue weighted by Gasteiger charge is -2.32. The van der Waals surface area contributed by atoms with Crippen LogP contribution in [0, 0.1) is 5.41 Å². The zero-order valence-electron chi connectivity index (χ0n) is 20.1. The number of rotatable bonds is 7. The largest absolute Gasteiger partial charge is 0.491 e. The van der Waals surface area contributed by atoms with Gasteiger partial charge in [-0.1, -0.05) is 52.8 Å². The molecule has 0 unspecified atom stereocenters. The van der Waals surface area contributed by atoms with Crippen LogP contribution in [0.1, 0.15) is 30.1 Å². The molecule has 0 saturated heterocycles. The molecule has 1 saturated carbocycles. The first-order valence-corrected chi connectivity index (χ1v) is 12.0. The molecule has 0 bridgehead atoms. The summed E-state index contributed by atoms with van der Waals surface area (Å²) < 4.78 is 57.9. The average molecular weight is 542 g/mol. The van der Waals surface area contributed by atoms with Gasteiger partial charge in [-0.3, -0.25) is 4.79 Å². The van der Waals surface area contributed by atoms with Gasteiger partial charge in [-0.15, -0.1) is 0 Å². The number of ether oxygens (including phenoxy) is 1. The van der Waals surface area contributed by atoms with Gasteiger partial charge in [0.2, 0.25) is 11.6 Å². The summed E-state index contributed by atoms with van der Waals surface area (Å²) in [5, 5.41) is 30.7. The molecular weight excluding hydrogens is 521 g/mol. The third-order valence-corrected chi connectivity index (χ3v) is 7.04. The fraction of sp³-hybridized carbons (Fsp3) is 0.308. The van der Waals surface area contributed by atoms with E-state index < -0.39 is 52.6 Å². The fourth-order valence-corrected chi connectivity index (χ4v) is 4.57. The van der Waals surface area contributed by atoms with Crippen LogP contribution in [0.15, 0.2) is 57.6 Å². The van der Waals surface area contributed by atoms with Crippen LogP contribution in [0.2, 0.25) is 0 Å². The number of carboxylic acid groups (broad SMARTS) is 1. The second-order valence-corrected chi connectivity index (χ2v) is 9.60. The number of aromatic nitrogens is 3. The Morgan fingerprint density at radius 2 is 1.85 bits per heavy atom. The summed E-state index contributed by atoms with van der Waals surface area (Å²) in [4.78, 5) is 15.5. The van der Waals surface area contributed by atoms with Crippen LogP contribution in [0.5, 0.6) is 5.75 Å². The Morgan fingerprint density at radius 1 is 1.08 bits per heavy atom. The topological polar surface area (TPSA) is 144 Å². The Hall–Kier alpha value is -4.23. The first-order valence-electron chi connectivity index (χ1n) is 12.0. The number of nitrogens with zero attached hydrogens (tertiary/aromatic N) is 3. The second-order valence-electron chi connectivity index (χ2n) is 9.60. The van der Waals surface area contributed by atoms with Crippen molar-refractivity contribution in [1.82, 2.24) is 20.6 Å². The van der Waals surface area contributed by atoms with Gasteiger partial charge in [-0.2, -0.15) is 18.2 Å². The van der Waals surface area contributed by atoms with Gasteiger partial charge in [0.05, 0.1) is 11.5 Å². The SMILES string of the molecule is O=C(O)C1(CN[C@H]2COc3cc(-c4noc(-c5onc(-c6ccccc6)c5C(F)(F)F)n4)ccc3[C@H]2O)CC1. The first-order chi connectivity index (χ1) is 18.7. The van der Waals surface area contributed by atoms with Crippen molar-refractivity contribution in [3.63, 3.8) is 0 Å². The van der Waals surface area contributed by atoms with E-state index in [1.165, 1.54) is 12.1 Å². The molecule has 3 heterocycles. The van der Waals surface area contributed by atoms with E-state index in [1.54, 1.807) is 36.4 Å². The van der Waals surface area contributed by atoms with Crippen molar-refractivity contribution in [3.05, 3.63) is 59.7 Å². The van der Waals surface area contributed by atoms with Crippen molar-refractivity contribution < 1.29 is 42.0 Å². The van der Waals surface area contributed by atoms with Gasteiger partial charge in [-0.25, -0.2) is 0 Å². The number of aliphatic carboxylic acids is 1. The number of alkyl halides is 3. The van der Waals surface area contributed by atoms with Crippen LogP contribution >= 0.6 is 0 Å². The summed E-state index contributed by atoms with van der Waals surface area (Å²) in [7, 11) is 0. The standard InChI is InChI=1S/C26H21F3N4O6/c27-26(28,29)18-19(13-4-2-1-3-5-13)32-38-21(18)23-31-22(33-39-23)14-6-7-15-17(10-14)37-11-16(20(15)34)30-12-25(8-9-25)24(35)36/h1-7,10,16,20,30,34H,8-9,11-12H2,(H,35,36)/t16-,20+/m0/s1. The number of hydrogen-bond acceptors (Lipinski definition) is 9. The van der Waals surface area contributed by atoms with Crippen LogP contribution in [0.25, 0.3) is 34.3 Å². The third kappa shape index (κ3) is 4.53. The number of nitrogens with one attached hydrogen (secondary N) is 1. The lowest BCUT2D eigenvalue weighted by Crippen LogP contribution is -2.46. The molecule has 2 aromatic carbocycles. The number of halogens is 3. The quantitative estimate of drug-likeness (QED) is 0.309. The number of benzene rings is 2. The molecule has 4 aromatic rings. The minimum absolute atomic E-state index is 0.0194. The van der Waals surface area contributed by atoms with E-state index in [0.29, 0.717) is 29.7 Å². The predicted molar refractivity (Wildman–Crippen MR) is 127 cm³/mol. The number of fused-ring (bicyclic) bond motifs is 1. The van der Waals surface area contributed by atoms with E-state index >= 15 is 0 Å². The van der Waals surface area contributed by atoms with E-state index in [2.05, 4.69) is 20.6 Å². The van der Waals surface area contributed by atoms with Gasteiger partial charge in [0, 0.05) is 23.2 Å². The molecule has 6 rings (SSSR count). The molecule has 39 heavy (non-hydrogen) atoms. The van der Waals surface area contributed by atoms with Gasteiger partial charge in [-0.05, 0) is 18.9 Å². The van der Waals surface area contributed by atoms with E-state index in [0.717, 1.165) is 0 Å². The average Bonchev–Trinajstić information content (AvgIpc) is 3.33. The Bertz CT molecular complexity index is 1530. The molecular formula is C26H21F3N4O6. The van der Waals surface area contributed by atoms with E-state index in [1.807, 2.05) is 0 Å². The summed E-state index contributed by atoms with van der Waals surface area (Å²) in [6.07, 6.45) is -4.61. The van der Waals surface area contributed by atoms with Gasteiger partial charge in [0.15, 0.2) is 0 Å². The van der Waals surface area contributed by atoms with Crippen molar-refractivity contribution in [2.24, 2.45) is 5.41 Å². The summed E-state index contributed by atoms with van der Waals surface area (Å²) in [6.45, 7) is 0.306. The minimum Gasteiger partial charge on any atom is -0.491 e. The highest BCUT2D eigenvalue weighted by molar-refractivity contribution is 5.78. The molecule has 1 aliphatic carbocycles. The van der Waals surface area contributed by atoms with Crippen molar-refractivity contribution in [3.8, 4) is 40.0 Å². The van der Waals surface area contributed by atoms with Gasteiger partial charge < -0.3 is 29.3 Å². The minimum atomic E-state index is -4.81. The van der Waals surface area contributed by atoms with Crippen LogP contribution in [-0.2, 0) is 11.0 Å². The fourth-order valence-electron chi connectivity index (χ4n) is 4.57. The highest BCUT2D eigenvalue weighted by Gasteiger charge is 2.50. The van der Waals surface area contributed by atoms with Crippen LogP contribution in [0.4, 0.5) is 13.2 Å². The molecule has 2 aliphatic rings. The van der Waals surface area contributed by atoms with Crippen molar-refractivity contribution in [2.45, 2.75) is 31.2 Å². The molecule has 1 aliphatic heterocycles. The monoisotopic (exact) mass is 542 g/mol. The summed E-state index contributed by atoms with van der Waals surface area (Å²) in [5.41, 5.74) is -1.26. The van der Waals surface area contributed by atoms with Crippen LogP contribution in [-0.4, -0.2) is 50.7 Å². The Labute approximate surface area is 218 Å². The van der Waals surface area contributed by atoms with Crippen LogP contribution in [0.3, 0.4) is 0 Å². The number of hydrogen-bond donors (Lipinski definition) is 3. The molecule has 3 N–H and O–H groups in total. The highest BCUT2D eigenvalue weighted by atomic mass is 19.4. The Morgan fingerprint density at radius 3 is 2.54 bits per heavy atom. The number of aliphatic hydroxyl groups is 1. The Kier molecular flexibility index (Phi) is 5.92. The summed E-state index contributed by atoms with van der Waals surface area (Å²) >= 11 is 0. The third-order valence-electron chi connectivity index (χ3n) is 7.04. The maximum absolute atomic E-state index is 14.0. The van der Waals surface area contributed by atoms with Gasteiger partial charge >= 0.3 is 12.1 Å². The lowest BCUT2D eigenvalue weighted by atomic mass is 9.96. The zero-order chi connectivity index (χ0) is 27.4. The molecule has 0 radical (unpaired) electrons. The van der Waals surface area contributed by atoms with E-state index in [4.69, 9.17) is 13.8 Å². The summed E-state index contributed by atoms with van der Waals surface area (Å²) in [6, 6.07) is 12.0. The molecule has 0 spiro atoms. The smallest absolute Gasteiger partial charge is 0.422 e. The Balaban J connectivity index is 1.24. The van der Waals surface area contributed by atoms with Crippen molar-refractivity contribution >= 4 is 5.97 Å². The molecule has 2 aromatic heterocycles. The maximum atomic E-state index is 14.0. The number of carboxylic acids is 1. The van der Waals surface area contributed by atoms with E-state index in [9.17, 15) is 28.2 Å². The molecule has 202 valence electrons. The number of carbonyl (C=O) groups is 1. The van der Waals surface area contributed by atoms with Crippen molar-refractivity contribution in [1.29, 1.82) is 0 Å². The maximum Gasteiger partial charge on any atom is 0.422 e. The molecule has 0 amide bonds. The predicted octanol–water partition coefficient (Wildman–Crippen LogP) is 4.33. The first kappa shape index (κ1) is 25.1. The molecule has 10 nitrogen and oxygen atoms in total. The normalized spacial score (nSPS) is 19.8.